The minimum Gasteiger partial charge on any atom is -0.366 e. The van der Waals surface area contributed by atoms with Gasteiger partial charge in [-0.05, 0) is 79.4 Å². The molecule has 2 aromatic rings. The van der Waals surface area contributed by atoms with Crippen LogP contribution in [0.3, 0.4) is 0 Å². The van der Waals surface area contributed by atoms with Crippen LogP contribution in [0.15, 0.2) is 41.1 Å². The predicted octanol–water partition coefficient (Wildman–Crippen LogP) is 3.06. The van der Waals surface area contributed by atoms with Gasteiger partial charge in [0.1, 0.15) is 0 Å². The molecule has 0 bridgehead atoms. The highest BCUT2D eigenvalue weighted by molar-refractivity contribution is 7.07. The van der Waals surface area contributed by atoms with E-state index < -0.39 is 0 Å². The maximum Gasteiger partial charge on any atom is 0.248 e. The van der Waals surface area contributed by atoms with Crippen LogP contribution in [0, 0.1) is 0 Å². The Morgan fingerprint density at radius 2 is 1.96 bits per heavy atom. The van der Waals surface area contributed by atoms with Gasteiger partial charge < -0.3 is 21.3 Å². The van der Waals surface area contributed by atoms with Gasteiger partial charge in [-0.15, -0.1) is 0 Å². The monoisotopic (exact) mass is 386 g/mol. The topological polar surface area (TPSA) is 75.6 Å². The lowest BCUT2D eigenvalue weighted by Gasteiger charge is -2.41. The van der Waals surface area contributed by atoms with Crippen molar-refractivity contribution in [2.24, 2.45) is 11.5 Å². The van der Waals surface area contributed by atoms with Crippen LogP contribution >= 0.6 is 11.3 Å². The molecule has 5 nitrogen and oxygen atoms in total. The molecular weight excluding hydrogens is 356 g/mol. The van der Waals surface area contributed by atoms with Crippen molar-refractivity contribution in [2.45, 2.75) is 44.8 Å². The van der Waals surface area contributed by atoms with Crippen molar-refractivity contribution in [2.75, 3.05) is 24.5 Å². The fourth-order valence-electron chi connectivity index (χ4n) is 3.89. The molecule has 4 N–H and O–H groups in total. The van der Waals surface area contributed by atoms with Crippen molar-refractivity contribution < 1.29 is 4.79 Å². The van der Waals surface area contributed by atoms with Crippen LogP contribution in [-0.2, 0) is 6.54 Å². The number of thiophene rings is 1. The van der Waals surface area contributed by atoms with E-state index >= 15 is 0 Å². The lowest BCUT2D eigenvalue weighted by atomic mass is 9.99. The molecule has 0 aliphatic carbocycles. The maximum atomic E-state index is 11.4. The van der Waals surface area contributed by atoms with E-state index in [1.165, 1.54) is 5.56 Å². The van der Waals surface area contributed by atoms with Gasteiger partial charge in [0.05, 0.1) is 0 Å². The Morgan fingerprint density at radius 3 is 2.52 bits per heavy atom. The van der Waals surface area contributed by atoms with Gasteiger partial charge in [-0.2, -0.15) is 11.3 Å². The standard InChI is InChI=1S/C21H30N4OS/c1-16(6-10-22)24-11-7-20(8-12-24)25(14-17-9-13-27-15-17)19-4-2-18(3-5-19)21(23)26/h2-5,9,13,15-16,20H,6-8,10-12,14,22H2,1H3,(H2,23,26). The molecule has 0 radical (unpaired) electrons. The fourth-order valence-corrected chi connectivity index (χ4v) is 4.55. The average Bonchev–Trinajstić information content (AvgIpc) is 3.20. The van der Waals surface area contributed by atoms with Gasteiger partial charge in [0, 0.05) is 43.0 Å². The lowest BCUT2D eigenvalue weighted by Crippen LogP contribution is -2.47. The van der Waals surface area contributed by atoms with Gasteiger partial charge in [0.2, 0.25) is 5.91 Å². The molecule has 1 atom stereocenters. The van der Waals surface area contributed by atoms with Crippen molar-refractivity contribution in [1.29, 1.82) is 0 Å². The van der Waals surface area contributed by atoms with Gasteiger partial charge in [-0.25, -0.2) is 0 Å². The normalized spacial score (nSPS) is 17.0. The summed E-state index contributed by atoms with van der Waals surface area (Å²) in [5, 5.41) is 4.34. The number of benzene rings is 1. The molecular formula is C21H30N4OS. The number of carbonyl (C=O) groups excluding carboxylic acids is 1. The summed E-state index contributed by atoms with van der Waals surface area (Å²) in [4.78, 5) is 16.4. The Labute approximate surface area is 165 Å². The summed E-state index contributed by atoms with van der Waals surface area (Å²) < 4.78 is 0. The molecule has 146 valence electrons. The number of rotatable bonds is 8. The molecule has 1 amide bonds. The van der Waals surface area contributed by atoms with Crippen LogP contribution < -0.4 is 16.4 Å². The zero-order valence-electron chi connectivity index (χ0n) is 16.0. The SMILES string of the molecule is CC(CCN)N1CCC(N(Cc2ccsc2)c2ccc(C(N)=O)cc2)CC1. The largest absolute Gasteiger partial charge is 0.366 e. The van der Waals surface area contributed by atoms with Crippen molar-refractivity contribution >= 4 is 22.9 Å². The second-order valence-electron chi connectivity index (χ2n) is 7.36. The minimum absolute atomic E-state index is 0.381. The third kappa shape index (κ3) is 5.09. The van der Waals surface area contributed by atoms with Crippen molar-refractivity contribution in [1.82, 2.24) is 4.90 Å². The smallest absolute Gasteiger partial charge is 0.248 e. The highest BCUT2D eigenvalue weighted by Crippen LogP contribution is 2.27. The van der Waals surface area contributed by atoms with E-state index in [0.717, 1.165) is 51.1 Å². The summed E-state index contributed by atoms with van der Waals surface area (Å²) in [6, 6.07) is 10.9. The average molecular weight is 387 g/mol. The molecule has 0 saturated carbocycles. The summed E-state index contributed by atoms with van der Waals surface area (Å²) in [6.07, 6.45) is 3.32. The number of hydrogen-bond acceptors (Lipinski definition) is 5. The second-order valence-corrected chi connectivity index (χ2v) is 8.14. The molecule has 6 heteroatoms. The number of nitrogens with zero attached hydrogens (tertiary/aromatic N) is 2. The van der Waals surface area contributed by atoms with Gasteiger partial charge in [-0.1, -0.05) is 0 Å². The summed E-state index contributed by atoms with van der Waals surface area (Å²) in [5.41, 5.74) is 14.2. The lowest BCUT2D eigenvalue weighted by molar-refractivity contribution is 0.100. The number of amides is 1. The number of piperidine rings is 1. The highest BCUT2D eigenvalue weighted by atomic mass is 32.1. The number of anilines is 1. The summed E-state index contributed by atoms with van der Waals surface area (Å²) in [6.45, 7) is 6.12. The third-order valence-corrected chi connectivity index (χ3v) is 6.30. The van der Waals surface area contributed by atoms with E-state index in [2.05, 4.69) is 33.6 Å². The van der Waals surface area contributed by atoms with E-state index in [-0.39, 0.29) is 5.91 Å². The predicted molar refractivity (Wildman–Crippen MR) is 113 cm³/mol. The van der Waals surface area contributed by atoms with Crippen molar-refractivity contribution in [3.8, 4) is 0 Å². The second kappa shape index (κ2) is 9.35. The highest BCUT2D eigenvalue weighted by Gasteiger charge is 2.27. The van der Waals surface area contributed by atoms with Gasteiger partial charge in [0.15, 0.2) is 0 Å². The number of carbonyl (C=O) groups is 1. The molecule has 0 spiro atoms. The molecule has 1 fully saturated rings. The maximum absolute atomic E-state index is 11.4. The van der Waals surface area contributed by atoms with E-state index in [1.807, 2.05) is 24.3 Å². The van der Waals surface area contributed by atoms with Crippen molar-refractivity contribution in [3.63, 3.8) is 0 Å². The molecule has 1 aromatic carbocycles. The van der Waals surface area contributed by atoms with Gasteiger partial charge >= 0.3 is 0 Å². The molecule has 3 rings (SSSR count). The third-order valence-electron chi connectivity index (χ3n) is 5.56. The fraction of sp³-hybridized carbons (Fsp3) is 0.476. The number of likely N-dealkylation sites (tertiary alicyclic amines) is 1. The molecule has 1 aliphatic rings. The zero-order valence-corrected chi connectivity index (χ0v) is 16.8. The Balaban J connectivity index is 1.73. The Bertz CT molecular complexity index is 708. The van der Waals surface area contributed by atoms with E-state index in [4.69, 9.17) is 11.5 Å². The van der Waals surface area contributed by atoms with E-state index in [1.54, 1.807) is 11.3 Å². The summed E-state index contributed by atoms with van der Waals surface area (Å²) in [7, 11) is 0. The Kier molecular flexibility index (Phi) is 6.88. The first-order valence-electron chi connectivity index (χ1n) is 9.70. The first kappa shape index (κ1) is 19.9. The van der Waals surface area contributed by atoms with Crippen LogP contribution in [0.5, 0.6) is 0 Å². The van der Waals surface area contributed by atoms with Gasteiger partial charge in [0.25, 0.3) is 0 Å². The van der Waals surface area contributed by atoms with E-state index in [0.29, 0.717) is 17.6 Å². The summed E-state index contributed by atoms with van der Waals surface area (Å²) in [5.74, 6) is -0.381. The van der Waals surface area contributed by atoms with E-state index in [9.17, 15) is 4.79 Å². The molecule has 1 unspecified atom stereocenters. The number of nitrogens with two attached hydrogens (primary N) is 2. The van der Waals surface area contributed by atoms with Crippen LogP contribution in [0.2, 0.25) is 0 Å². The Morgan fingerprint density at radius 1 is 1.26 bits per heavy atom. The Hall–Kier alpha value is -1.89. The summed E-state index contributed by atoms with van der Waals surface area (Å²) >= 11 is 1.73. The first-order chi connectivity index (χ1) is 13.1. The molecule has 1 aromatic heterocycles. The minimum atomic E-state index is -0.381. The van der Waals surface area contributed by atoms with Crippen molar-refractivity contribution in [3.05, 3.63) is 52.2 Å². The van der Waals surface area contributed by atoms with Crippen LogP contribution in [0.1, 0.15) is 42.1 Å². The van der Waals surface area contributed by atoms with Crippen LogP contribution in [0.25, 0.3) is 0 Å². The molecule has 2 heterocycles. The first-order valence-corrected chi connectivity index (χ1v) is 10.6. The quantitative estimate of drug-likeness (QED) is 0.731. The number of hydrogen-bond donors (Lipinski definition) is 2. The number of primary amides is 1. The molecule has 27 heavy (non-hydrogen) atoms. The molecule has 1 aliphatic heterocycles. The van der Waals surface area contributed by atoms with Crippen LogP contribution in [-0.4, -0.2) is 42.5 Å². The van der Waals surface area contributed by atoms with Gasteiger partial charge in [-0.3, -0.25) is 4.79 Å². The van der Waals surface area contributed by atoms with Crippen LogP contribution in [0.4, 0.5) is 5.69 Å². The molecule has 1 saturated heterocycles. The zero-order chi connectivity index (χ0) is 19.2.